The van der Waals surface area contributed by atoms with Crippen LogP contribution in [0.3, 0.4) is 0 Å². The Balaban J connectivity index is 1.51. The van der Waals surface area contributed by atoms with Crippen molar-refractivity contribution in [1.29, 1.82) is 0 Å². The highest BCUT2D eigenvalue weighted by molar-refractivity contribution is 5.20. The predicted molar refractivity (Wildman–Crippen MR) is 85.5 cm³/mol. The first-order chi connectivity index (χ1) is 11.6. The zero-order valence-electron chi connectivity index (χ0n) is 14.5. The molecular weight excluding hydrogens is 308 g/mol. The second kappa shape index (κ2) is 6.29. The van der Waals surface area contributed by atoms with Crippen LogP contribution in [0.1, 0.15) is 47.6 Å². The van der Waals surface area contributed by atoms with E-state index in [-0.39, 0.29) is 12.0 Å². The van der Waals surface area contributed by atoms with Crippen LogP contribution in [0.25, 0.3) is 0 Å². The van der Waals surface area contributed by atoms with Gasteiger partial charge in [0.2, 0.25) is 11.8 Å². The van der Waals surface area contributed by atoms with Gasteiger partial charge in [-0.2, -0.15) is 0 Å². The van der Waals surface area contributed by atoms with Crippen molar-refractivity contribution in [3.63, 3.8) is 0 Å². The molecule has 0 radical (unpaired) electrons. The van der Waals surface area contributed by atoms with Crippen molar-refractivity contribution in [1.82, 2.24) is 20.3 Å². The molecule has 2 aromatic rings. The zero-order chi connectivity index (χ0) is 16.7. The number of aromatic nitrogens is 3. The Kier molecular flexibility index (Phi) is 4.14. The lowest BCUT2D eigenvalue weighted by Gasteiger charge is -2.44. The molecule has 7 nitrogen and oxygen atoms in total. The van der Waals surface area contributed by atoms with Gasteiger partial charge in [0.1, 0.15) is 5.76 Å². The van der Waals surface area contributed by atoms with Gasteiger partial charge < -0.3 is 13.7 Å². The van der Waals surface area contributed by atoms with Gasteiger partial charge in [-0.05, 0) is 26.7 Å². The van der Waals surface area contributed by atoms with Crippen molar-refractivity contribution < 1.29 is 13.7 Å². The van der Waals surface area contributed by atoms with Gasteiger partial charge >= 0.3 is 0 Å². The highest BCUT2D eigenvalue weighted by Gasteiger charge is 2.41. The summed E-state index contributed by atoms with van der Waals surface area (Å²) in [7, 11) is 0. The maximum absolute atomic E-state index is 6.02. The molecule has 2 aliphatic rings. The molecule has 2 fully saturated rings. The second-order valence-corrected chi connectivity index (χ2v) is 6.95. The first-order valence-corrected chi connectivity index (χ1v) is 8.67. The number of likely N-dealkylation sites (tertiary alicyclic amines) is 1. The lowest BCUT2D eigenvalue weighted by Crippen LogP contribution is -2.49. The third kappa shape index (κ3) is 2.86. The summed E-state index contributed by atoms with van der Waals surface area (Å²) in [4.78, 5) is 2.47. The number of piperidine rings is 1. The first kappa shape index (κ1) is 15.8. The molecule has 0 aromatic carbocycles. The molecule has 0 saturated carbocycles. The summed E-state index contributed by atoms with van der Waals surface area (Å²) < 4.78 is 17.1. The normalized spacial score (nSPS) is 28.0. The van der Waals surface area contributed by atoms with E-state index in [9.17, 15) is 0 Å². The molecule has 2 aliphatic heterocycles. The molecule has 7 heteroatoms. The molecule has 3 atom stereocenters. The Morgan fingerprint density at radius 3 is 2.75 bits per heavy atom. The average Bonchev–Trinajstić information content (AvgIpc) is 3.15. The van der Waals surface area contributed by atoms with Gasteiger partial charge in [-0.25, -0.2) is 0 Å². The van der Waals surface area contributed by atoms with Gasteiger partial charge in [-0.3, -0.25) is 4.90 Å². The third-order valence-corrected chi connectivity index (χ3v) is 5.38. The fourth-order valence-electron chi connectivity index (χ4n) is 4.05. The molecule has 2 aromatic heterocycles. The Labute approximate surface area is 141 Å². The maximum Gasteiger partial charge on any atom is 0.220 e. The van der Waals surface area contributed by atoms with Crippen molar-refractivity contribution >= 4 is 0 Å². The van der Waals surface area contributed by atoms with E-state index in [0.717, 1.165) is 56.4 Å². The highest BCUT2D eigenvalue weighted by Crippen LogP contribution is 2.39. The largest absolute Gasteiger partial charge is 0.425 e. The maximum atomic E-state index is 6.02. The van der Waals surface area contributed by atoms with Crippen LogP contribution in [0.15, 0.2) is 8.94 Å². The zero-order valence-corrected chi connectivity index (χ0v) is 14.5. The van der Waals surface area contributed by atoms with Crippen molar-refractivity contribution in [2.24, 2.45) is 5.92 Å². The van der Waals surface area contributed by atoms with E-state index in [4.69, 9.17) is 13.7 Å². The summed E-state index contributed by atoms with van der Waals surface area (Å²) in [6, 6.07) is 0. The Morgan fingerprint density at radius 2 is 2.04 bits per heavy atom. The number of ether oxygens (including phenoxy) is 1. The standard InChI is InChI=1S/C17H24N4O3/c1-10-14(11(2)24-20-10)8-21-6-4-16-15(9-21)13(5-7-22-16)17-19-18-12(3)23-17/h13,15-16H,4-9H2,1-3H3/t13-,15-,16-/m1/s1. The SMILES string of the molecule is Cc1nnc([C@@H]2CCO[C@@H]3CCN(Cc4c(C)noc4C)C[C@@H]32)o1. The van der Waals surface area contributed by atoms with Gasteiger partial charge in [0, 0.05) is 50.6 Å². The van der Waals surface area contributed by atoms with Crippen LogP contribution < -0.4 is 0 Å². The van der Waals surface area contributed by atoms with E-state index in [1.807, 2.05) is 20.8 Å². The molecule has 0 N–H and O–H groups in total. The van der Waals surface area contributed by atoms with Crippen LogP contribution >= 0.6 is 0 Å². The summed E-state index contributed by atoms with van der Waals surface area (Å²) >= 11 is 0. The summed E-state index contributed by atoms with van der Waals surface area (Å²) in [5.41, 5.74) is 2.19. The van der Waals surface area contributed by atoms with Crippen molar-refractivity contribution in [3.05, 3.63) is 28.8 Å². The van der Waals surface area contributed by atoms with Gasteiger partial charge in [0.05, 0.1) is 11.8 Å². The number of hydrogen-bond donors (Lipinski definition) is 0. The van der Waals surface area contributed by atoms with Crippen LogP contribution in [0, 0.1) is 26.7 Å². The molecule has 0 amide bonds. The lowest BCUT2D eigenvalue weighted by molar-refractivity contribution is -0.0821. The van der Waals surface area contributed by atoms with Crippen LogP contribution in [0.4, 0.5) is 0 Å². The van der Waals surface area contributed by atoms with Crippen molar-refractivity contribution in [2.45, 2.75) is 52.2 Å². The van der Waals surface area contributed by atoms with E-state index in [1.54, 1.807) is 0 Å². The lowest BCUT2D eigenvalue weighted by atomic mass is 9.79. The van der Waals surface area contributed by atoms with Gasteiger partial charge in [0.15, 0.2) is 0 Å². The van der Waals surface area contributed by atoms with Crippen molar-refractivity contribution in [3.8, 4) is 0 Å². The number of nitrogens with zero attached hydrogens (tertiary/aromatic N) is 4. The molecule has 4 rings (SSSR count). The molecule has 0 unspecified atom stereocenters. The molecule has 0 bridgehead atoms. The van der Waals surface area contributed by atoms with E-state index in [0.29, 0.717) is 11.8 Å². The number of hydrogen-bond acceptors (Lipinski definition) is 7. The van der Waals surface area contributed by atoms with Crippen LogP contribution in [-0.4, -0.2) is 46.1 Å². The number of fused-ring (bicyclic) bond motifs is 1. The Morgan fingerprint density at radius 1 is 1.17 bits per heavy atom. The molecule has 4 heterocycles. The summed E-state index contributed by atoms with van der Waals surface area (Å²) in [5, 5.41) is 12.4. The molecule has 24 heavy (non-hydrogen) atoms. The second-order valence-electron chi connectivity index (χ2n) is 6.95. The van der Waals surface area contributed by atoms with Gasteiger partial charge in [-0.15, -0.1) is 10.2 Å². The quantitative estimate of drug-likeness (QED) is 0.854. The van der Waals surface area contributed by atoms with Gasteiger partial charge in [-0.1, -0.05) is 5.16 Å². The van der Waals surface area contributed by atoms with Crippen LogP contribution in [0.2, 0.25) is 0 Å². The van der Waals surface area contributed by atoms with Gasteiger partial charge in [0.25, 0.3) is 0 Å². The summed E-state index contributed by atoms with van der Waals surface area (Å²) in [6.07, 6.45) is 2.27. The summed E-state index contributed by atoms with van der Waals surface area (Å²) in [6.45, 7) is 9.48. The monoisotopic (exact) mass is 332 g/mol. The van der Waals surface area contributed by atoms with E-state index in [1.165, 1.54) is 5.56 Å². The van der Waals surface area contributed by atoms with Crippen molar-refractivity contribution in [2.75, 3.05) is 19.7 Å². The van der Waals surface area contributed by atoms with Crippen LogP contribution in [-0.2, 0) is 11.3 Å². The third-order valence-electron chi connectivity index (χ3n) is 5.38. The smallest absolute Gasteiger partial charge is 0.220 e. The minimum absolute atomic E-state index is 0.289. The molecule has 0 aliphatic carbocycles. The minimum atomic E-state index is 0.289. The first-order valence-electron chi connectivity index (χ1n) is 8.67. The van der Waals surface area contributed by atoms with E-state index >= 15 is 0 Å². The fraction of sp³-hybridized carbons (Fsp3) is 0.706. The molecule has 130 valence electrons. The fourth-order valence-corrected chi connectivity index (χ4v) is 4.05. The molecule has 0 spiro atoms. The molecular formula is C17H24N4O3. The summed E-state index contributed by atoms with van der Waals surface area (Å²) in [5.74, 6) is 3.00. The molecule has 2 saturated heterocycles. The predicted octanol–water partition coefficient (Wildman–Crippen LogP) is 2.38. The Bertz CT molecular complexity index is 691. The van der Waals surface area contributed by atoms with Crippen LogP contribution in [0.5, 0.6) is 0 Å². The highest BCUT2D eigenvalue weighted by atomic mass is 16.5. The van der Waals surface area contributed by atoms with E-state index < -0.39 is 0 Å². The van der Waals surface area contributed by atoms with E-state index in [2.05, 4.69) is 20.3 Å². The number of aryl methyl sites for hydroxylation is 3. The number of rotatable bonds is 3. The Hall–Kier alpha value is -1.73. The average molecular weight is 332 g/mol. The topological polar surface area (TPSA) is 77.4 Å². The minimum Gasteiger partial charge on any atom is -0.425 e.